The van der Waals surface area contributed by atoms with Crippen LogP contribution in [0.15, 0.2) is 24.3 Å². The molecule has 1 amide bonds. The lowest BCUT2D eigenvalue weighted by Crippen LogP contribution is -2.46. The smallest absolute Gasteiger partial charge is 0.306 e. The van der Waals surface area contributed by atoms with E-state index in [9.17, 15) is 19.8 Å². The number of rotatable bonds is 46. The fourth-order valence-corrected chi connectivity index (χ4v) is 7.87. The Bertz CT molecular complexity index is 919. The quantitative estimate of drug-likeness (QED) is 0.0323. The van der Waals surface area contributed by atoms with Crippen LogP contribution in [0.1, 0.15) is 271 Å². The first-order valence-electron chi connectivity index (χ1n) is 25.6. The number of hydrogen-bond donors (Lipinski definition) is 3. The van der Waals surface area contributed by atoms with E-state index in [0.29, 0.717) is 19.3 Å². The second-order valence-corrected chi connectivity index (χ2v) is 17.6. The van der Waals surface area contributed by atoms with Crippen molar-refractivity contribution in [3.8, 4) is 0 Å². The molecule has 0 saturated carbocycles. The molecule has 58 heavy (non-hydrogen) atoms. The minimum absolute atomic E-state index is 0.0732. The summed E-state index contributed by atoms with van der Waals surface area (Å²) in [6.45, 7) is 6.46. The van der Waals surface area contributed by atoms with Crippen molar-refractivity contribution in [3.63, 3.8) is 0 Å². The Kier molecular flexibility index (Phi) is 45.1. The molecule has 0 aromatic rings. The highest BCUT2D eigenvalue weighted by Gasteiger charge is 2.24. The maximum Gasteiger partial charge on any atom is 0.306 e. The van der Waals surface area contributed by atoms with Crippen molar-refractivity contribution in [1.29, 1.82) is 0 Å². The van der Waals surface area contributed by atoms with Crippen LogP contribution in [0, 0.1) is 0 Å². The van der Waals surface area contributed by atoms with Crippen LogP contribution >= 0.6 is 0 Å². The monoisotopic (exact) mass is 818 g/mol. The Morgan fingerprint density at radius 1 is 0.500 bits per heavy atom. The average Bonchev–Trinajstić information content (AvgIpc) is 3.22. The number of allylic oxidation sites excluding steroid dienone is 4. The van der Waals surface area contributed by atoms with E-state index in [4.69, 9.17) is 4.74 Å². The third kappa shape index (κ3) is 41.1. The second kappa shape index (κ2) is 46.4. The molecule has 0 fully saturated rings. The lowest BCUT2D eigenvalue weighted by molar-refractivity contribution is -0.151. The lowest BCUT2D eigenvalue weighted by atomic mass is 10.0. The van der Waals surface area contributed by atoms with Crippen molar-refractivity contribution in [2.45, 2.75) is 289 Å². The van der Waals surface area contributed by atoms with Gasteiger partial charge in [0.2, 0.25) is 5.91 Å². The van der Waals surface area contributed by atoms with E-state index in [-0.39, 0.29) is 24.9 Å². The Morgan fingerprint density at radius 3 is 1.34 bits per heavy atom. The first kappa shape index (κ1) is 56.3. The van der Waals surface area contributed by atoms with Gasteiger partial charge in [0.1, 0.15) is 6.10 Å². The Morgan fingerprint density at radius 2 is 0.879 bits per heavy atom. The molecule has 0 aliphatic carbocycles. The molecule has 0 radical (unpaired) electrons. The van der Waals surface area contributed by atoms with Gasteiger partial charge >= 0.3 is 5.97 Å². The van der Waals surface area contributed by atoms with Gasteiger partial charge in [-0.2, -0.15) is 0 Å². The third-order valence-corrected chi connectivity index (χ3v) is 11.8. The van der Waals surface area contributed by atoms with Gasteiger partial charge in [0, 0.05) is 6.42 Å². The summed E-state index contributed by atoms with van der Waals surface area (Å²) in [5, 5.41) is 23.7. The molecule has 0 aliphatic rings. The van der Waals surface area contributed by atoms with Crippen LogP contribution in [0.2, 0.25) is 0 Å². The van der Waals surface area contributed by atoms with E-state index in [2.05, 4.69) is 50.4 Å². The molecule has 0 aliphatic heterocycles. The normalized spacial score (nSPS) is 13.4. The van der Waals surface area contributed by atoms with Crippen molar-refractivity contribution >= 4 is 11.9 Å². The van der Waals surface area contributed by atoms with Crippen LogP contribution in [0.3, 0.4) is 0 Å². The zero-order valence-corrected chi connectivity index (χ0v) is 38.9. The van der Waals surface area contributed by atoms with Crippen LogP contribution < -0.4 is 5.32 Å². The van der Waals surface area contributed by atoms with E-state index < -0.39 is 18.2 Å². The summed E-state index contributed by atoms with van der Waals surface area (Å²) in [4.78, 5) is 26.1. The molecule has 0 rings (SSSR count). The maximum absolute atomic E-state index is 13.2. The SMILES string of the molecule is CCCCC/C=C\C/C=C\CCCCCCCC(CC(=O)NC(CO)C(O)CCCCCCCCCCCC)OC(=O)CCCCCCCCCCCCCCCC. The highest BCUT2D eigenvalue weighted by atomic mass is 16.5. The molecule has 0 spiro atoms. The number of nitrogens with one attached hydrogen (secondary N) is 1. The van der Waals surface area contributed by atoms with Crippen LogP contribution in [-0.4, -0.2) is 46.9 Å². The van der Waals surface area contributed by atoms with Crippen LogP contribution in [0.25, 0.3) is 0 Å². The second-order valence-electron chi connectivity index (χ2n) is 17.6. The van der Waals surface area contributed by atoms with Crippen molar-refractivity contribution in [2.24, 2.45) is 0 Å². The number of esters is 1. The number of aliphatic hydroxyl groups excluding tert-OH is 2. The van der Waals surface area contributed by atoms with Crippen LogP contribution in [0.5, 0.6) is 0 Å². The van der Waals surface area contributed by atoms with E-state index in [1.165, 1.54) is 154 Å². The number of hydrogen-bond acceptors (Lipinski definition) is 5. The summed E-state index contributed by atoms with van der Waals surface area (Å²) in [6, 6.07) is -0.700. The molecule has 342 valence electrons. The van der Waals surface area contributed by atoms with E-state index in [0.717, 1.165) is 70.6 Å². The van der Waals surface area contributed by atoms with Gasteiger partial charge in [-0.05, 0) is 57.8 Å². The molecule has 6 heteroatoms. The van der Waals surface area contributed by atoms with Gasteiger partial charge in [-0.15, -0.1) is 0 Å². The van der Waals surface area contributed by atoms with Crippen LogP contribution in [-0.2, 0) is 14.3 Å². The molecular weight excluding hydrogens is 719 g/mol. The minimum atomic E-state index is -0.786. The number of unbranched alkanes of at least 4 members (excludes halogenated alkanes) is 30. The number of carbonyl (C=O) groups is 2. The van der Waals surface area contributed by atoms with Gasteiger partial charge in [0.25, 0.3) is 0 Å². The van der Waals surface area contributed by atoms with Gasteiger partial charge in [-0.25, -0.2) is 0 Å². The molecule has 3 unspecified atom stereocenters. The van der Waals surface area contributed by atoms with Crippen molar-refractivity contribution < 1.29 is 24.5 Å². The number of carbonyl (C=O) groups excluding carboxylic acids is 2. The van der Waals surface area contributed by atoms with E-state index in [1.54, 1.807) is 0 Å². The number of aliphatic hydroxyl groups is 2. The topological polar surface area (TPSA) is 95.9 Å². The molecule has 3 N–H and O–H groups in total. The van der Waals surface area contributed by atoms with Crippen molar-refractivity contribution in [1.82, 2.24) is 5.32 Å². The van der Waals surface area contributed by atoms with Gasteiger partial charge in [-0.1, -0.05) is 225 Å². The molecular formula is C52H99NO5. The third-order valence-electron chi connectivity index (χ3n) is 11.8. The van der Waals surface area contributed by atoms with Crippen LogP contribution in [0.4, 0.5) is 0 Å². The summed E-state index contributed by atoms with van der Waals surface area (Å²) in [5.74, 6) is -0.475. The summed E-state index contributed by atoms with van der Waals surface area (Å²) in [5.41, 5.74) is 0. The molecule has 0 heterocycles. The zero-order valence-electron chi connectivity index (χ0n) is 38.9. The molecule has 0 aromatic heterocycles. The lowest BCUT2D eigenvalue weighted by Gasteiger charge is -2.24. The Labute approximate surface area is 361 Å². The first-order chi connectivity index (χ1) is 28.5. The van der Waals surface area contributed by atoms with Gasteiger partial charge in [-0.3, -0.25) is 9.59 Å². The summed E-state index contributed by atoms with van der Waals surface area (Å²) >= 11 is 0. The fourth-order valence-electron chi connectivity index (χ4n) is 7.87. The molecule has 6 nitrogen and oxygen atoms in total. The molecule has 0 saturated heterocycles. The Balaban J connectivity index is 4.58. The largest absolute Gasteiger partial charge is 0.462 e. The van der Waals surface area contributed by atoms with E-state index >= 15 is 0 Å². The van der Waals surface area contributed by atoms with Gasteiger partial charge in [0.15, 0.2) is 0 Å². The summed E-state index contributed by atoms with van der Waals surface area (Å²) in [6.07, 6.45) is 52.3. The predicted molar refractivity (Wildman–Crippen MR) is 250 cm³/mol. The predicted octanol–water partition coefficient (Wildman–Crippen LogP) is 15.1. The van der Waals surface area contributed by atoms with Gasteiger partial charge < -0.3 is 20.3 Å². The number of amides is 1. The minimum Gasteiger partial charge on any atom is -0.462 e. The highest BCUT2D eigenvalue weighted by Crippen LogP contribution is 2.18. The molecule has 0 aromatic carbocycles. The standard InChI is InChI=1S/C52H99NO5/c1-4-7-10-13-16-19-22-24-26-27-29-31-34-37-40-43-48(58-52(57)45-42-39-36-33-30-28-25-23-20-17-14-11-8-5-2)46-51(56)53-49(47-54)50(55)44-41-38-35-32-21-18-15-12-9-6-3/h16,19,24,26,48-50,54-55H,4-15,17-18,20-23,25,27-47H2,1-3H3,(H,53,56)/b19-16-,26-24-. The van der Waals surface area contributed by atoms with E-state index in [1.807, 2.05) is 0 Å². The average molecular weight is 818 g/mol. The summed E-state index contributed by atoms with van der Waals surface area (Å²) < 4.78 is 5.93. The summed E-state index contributed by atoms with van der Waals surface area (Å²) in [7, 11) is 0. The zero-order chi connectivity index (χ0) is 42.4. The van der Waals surface area contributed by atoms with Crippen molar-refractivity contribution in [2.75, 3.05) is 6.61 Å². The fraction of sp³-hybridized carbons (Fsp3) is 0.885. The number of ether oxygens (including phenoxy) is 1. The Hall–Kier alpha value is -1.66. The highest BCUT2D eigenvalue weighted by molar-refractivity contribution is 5.77. The van der Waals surface area contributed by atoms with Crippen molar-refractivity contribution in [3.05, 3.63) is 24.3 Å². The van der Waals surface area contributed by atoms with Gasteiger partial charge in [0.05, 0.1) is 25.2 Å². The first-order valence-corrected chi connectivity index (χ1v) is 25.6. The molecule has 0 bridgehead atoms. The molecule has 3 atom stereocenters. The maximum atomic E-state index is 13.2.